The lowest BCUT2D eigenvalue weighted by Gasteiger charge is -2.15. The van der Waals surface area contributed by atoms with E-state index in [4.69, 9.17) is 0 Å². The van der Waals surface area contributed by atoms with Gasteiger partial charge >= 0.3 is 0 Å². The molecule has 1 atom stereocenters. The van der Waals surface area contributed by atoms with Crippen LogP contribution in [-0.2, 0) is 0 Å². The molecule has 1 unspecified atom stereocenters. The molecule has 1 fully saturated rings. The van der Waals surface area contributed by atoms with Crippen LogP contribution in [0.2, 0.25) is 0 Å². The number of nitrogens with zero attached hydrogens (tertiary/aromatic N) is 1. The van der Waals surface area contributed by atoms with Crippen LogP contribution < -0.4 is 5.32 Å². The molecule has 0 bridgehead atoms. The largest absolute Gasteiger partial charge is 0.387 e. The number of rotatable bonds is 7. The van der Waals surface area contributed by atoms with E-state index in [2.05, 4.69) is 10.2 Å². The summed E-state index contributed by atoms with van der Waals surface area (Å²) in [5.41, 5.74) is 0.399. The Morgan fingerprint density at radius 3 is 2.65 bits per heavy atom. The van der Waals surface area contributed by atoms with Gasteiger partial charge in [0.05, 0.1) is 6.10 Å². The third-order valence-electron chi connectivity index (χ3n) is 3.69. The molecule has 0 amide bonds. The summed E-state index contributed by atoms with van der Waals surface area (Å²) < 4.78 is 25.8. The van der Waals surface area contributed by atoms with Crippen LogP contribution in [0, 0.1) is 11.6 Å². The maximum absolute atomic E-state index is 13.0. The second-order valence-corrected chi connectivity index (χ2v) is 5.30. The highest BCUT2D eigenvalue weighted by molar-refractivity contribution is 5.20. The van der Waals surface area contributed by atoms with Crippen molar-refractivity contribution in [1.82, 2.24) is 10.2 Å². The Morgan fingerprint density at radius 1 is 1.20 bits per heavy atom. The molecule has 3 nitrogen and oxygen atoms in total. The molecule has 0 aromatic heterocycles. The first-order chi connectivity index (χ1) is 9.66. The third-order valence-corrected chi connectivity index (χ3v) is 3.69. The minimum atomic E-state index is -0.921. The molecule has 5 heteroatoms. The normalized spacial score (nSPS) is 17.6. The fourth-order valence-corrected chi connectivity index (χ4v) is 2.51. The van der Waals surface area contributed by atoms with Crippen molar-refractivity contribution in [2.24, 2.45) is 0 Å². The molecule has 20 heavy (non-hydrogen) atoms. The van der Waals surface area contributed by atoms with Gasteiger partial charge in [-0.15, -0.1) is 0 Å². The van der Waals surface area contributed by atoms with E-state index < -0.39 is 17.7 Å². The van der Waals surface area contributed by atoms with E-state index in [-0.39, 0.29) is 0 Å². The van der Waals surface area contributed by atoms with Gasteiger partial charge in [-0.05, 0) is 63.1 Å². The van der Waals surface area contributed by atoms with Crippen LogP contribution >= 0.6 is 0 Å². The molecular weight excluding hydrogens is 262 g/mol. The fraction of sp³-hybridized carbons (Fsp3) is 0.600. The molecular formula is C15H22F2N2O. The van der Waals surface area contributed by atoms with Crippen LogP contribution in [0.5, 0.6) is 0 Å². The van der Waals surface area contributed by atoms with Crippen LogP contribution in [0.1, 0.15) is 30.9 Å². The van der Waals surface area contributed by atoms with Gasteiger partial charge < -0.3 is 15.3 Å². The van der Waals surface area contributed by atoms with Gasteiger partial charge in [-0.2, -0.15) is 0 Å². The van der Waals surface area contributed by atoms with E-state index in [9.17, 15) is 13.9 Å². The quantitative estimate of drug-likeness (QED) is 0.753. The Kier molecular flexibility index (Phi) is 5.88. The lowest BCUT2D eigenvalue weighted by molar-refractivity contribution is 0.173. The Balaban J connectivity index is 1.64. The Morgan fingerprint density at radius 2 is 1.95 bits per heavy atom. The smallest absolute Gasteiger partial charge is 0.159 e. The zero-order valence-electron chi connectivity index (χ0n) is 11.6. The third kappa shape index (κ3) is 4.51. The van der Waals surface area contributed by atoms with E-state index in [0.717, 1.165) is 31.6 Å². The Bertz CT molecular complexity index is 422. The predicted molar refractivity (Wildman–Crippen MR) is 74.5 cm³/mol. The molecule has 0 aliphatic carbocycles. The number of benzene rings is 1. The van der Waals surface area contributed by atoms with E-state index in [1.807, 2.05) is 0 Å². The second-order valence-electron chi connectivity index (χ2n) is 5.30. The summed E-state index contributed by atoms with van der Waals surface area (Å²) in [4.78, 5) is 2.44. The van der Waals surface area contributed by atoms with Gasteiger partial charge in [0, 0.05) is 6.54 Å². The molecule has 2 rings (SSSR count). The molecule has 1 aromatic carbocycles. The lowest BCUT2D eigenvalue weighted by atomic mass is 10.1. The minimum absolute atomic E-state index is 0.352. The number of nitrogens with one attached hydrogen (secondary N) is 1. The van der Waals surface area contributed by atoms with Crippen molar-refractivity contribution in [3.63, 3.8) is 0 Å². The molecule has 1 aliphatic heterocycles. The highest BCUT2D eigenvalue weighted by atomic mass is 19.2. The first-order valence-corrected chi connectivity index (χ1v) is 7.23. The van der Waals surface area contributed by atoms with E-state index >= 15 is 0 Å². The van der Waals surface area contributed by atoms with Crippen LogP contribution in [0.15, 0.2) is 18.2 Å². The van der Waals surface area contributed by atoms with Crippen molar-refractivity contribution >= 4 is 0 Å². The molecule has 1 saturated heterocycles. The maximum Gasteiger partial charge on any atom is 0.159 e. The maximum atomic E-state index is 13.0. The first-order valence-electron chi connectivity index (χ1n) is 7.23. The van der Waals surface area contributed by atoms with Crippen LogP contribution in [0.25, 0.3) is 0 Å². The van der Waals surface area contributed by atoms with Gasteiger partial charge in [-0.3, -0.25) is 0 Å². The molecule has 1 heterocycles. The summed E-state index contributed by atoms with van der Waals surface area (Å²) in [7, 11) is 0. The minimum Gasteiger partial charge on any atom is -0.387 e. The van der Waals surface area contributed by atoms with Gasteiger partial charge in [-0.25, -0.2) is 8.78 Å². The molecule has 0 spiro atoms. The van der Waals surface area contributed by atoms with Gasteiger partial charge in [0.1, 0.15) is 0 Å². The number of aliphatic hydroxyl groups is 1. The number of aliphatic hydroxyl groups excluding tert-OH is 1. The average molecular weight is 284 g/mol. The van der Waals surface area contributed by atoms with Crippen LogP contribution in [0.3, 0.4) is 0 Å². The van der Waals surface area contributed by atoms with Crippen LogP contribution in [0.4, 0.5) is 8.78 Å². The molecule has 2 N–H and O–H groups in total. The molecule has 1 aliphatic rings. The number of hydrogen-bond acceptors (Lipinski definition) is 3. The lowest BCUT2D eigenvalue weighted by Crippen LogP contribution is -2.27. The monoisotopic (exact) mass is 284 g/mol. The average Bonchev–Trinajstić information content (AvgIpc) is 2.94. The molecule has 0 radical (unpaired) electrons. The van der Waals surface area contributed by atoms with Crippen molar-refractivity contribution in [2.75, 3.05) is 32.7 Å². The second kappa shape index (κ2) is 7.67. The van der Waals surface area contributed by atoms with Crippen molar-refractivity contribution in [3.05, 3.63) is 35.4 Å². The summed E-state index contributed by atoms with van der Waals surface area (Å²) in [6, 6.07) is 3.50. The molecule has 1 aromatic rings. The first kappa shape index (κ1) is 15.4. The molecule has 0 saturated carbocycles. The zero-order chi connectivity index (χ0) is 14.4. The summed E-state index contributed by atoms with van der Waals surface area (Å²) in [6.45, 7) is 4.63. The Hall–Kier alpha value is -1.04. The Labute approximate surface area is 118 Å². The van der Waals surface area contributed by atoms with Crippen molar-refractivity contribution in [3.8, 4) is 0 Å². The zero-order valence-corrected chi connectivity index (χ0v) is 11.6. The van der Waals surface area contributed by atoms with E-state index in [1.165, 1.54) is 32.0 Å². The highest BCUT2D eigenvalue weighted by Crippen LogP contribution is 2.15. The van der Waals surface area contributed by atoms with Gasteiger partial charge in [0.15, 0.2) is 11.6 Å². The predicted octanol–water partition coefficient (Wildman–Crippen LogP) is 2.07. The number of halogens is 2. The summed E-state index contributed by atoms with van der Waals surface area (Å²) >= 11 is 0. The van der Waals surface area contributed by atoms with E-state index in [0.29, 0.717) is 12.1 Å². The SMILES string of the molecule is OC(CNCCCN1CCCC1)c1ccc(F)c(F)c1. The number of hydrogen-bond donors (Lipinski definition) is 2. The summed E-state index contributed by atoms with van der Waals surface area (Å²) in [5.74, 6) is -1.81. The fourth-order valence-electron chi connectivity index (χ4n) is 2.51. The van der Waals surface area contributed by atoms with Gasteiger partial charge in [0.2, 0.25) is 0 Å². The topological polar surface area (TPSA) is 35.5 Å². The van der Waals surface area contributed by atoms with Gasteiger partial charge in [-0.1, -0.05) is 6.07 Å². The van der Waals surface area contributed by atoms with Crippen molar-refractivity contribution < 1.29 is 13.9 Å². The highest BCUT2D eigenvalue weighted by Gasteiger charge is 2.12. The summed E-state index contributed by atoms with van der Waals surface area (Å²) in [5, 5.41) is 13.0. The standard InChI is InChI=1S/C15H22F2N2O/c16-13-5-4-12(10-14(13)17)15(20)11-18-6-3-9-19-7-1-2-8-19/h4-5,10,15,18,20H,1-3,6-9,11H2. The van der Waals surface area contributed by atoms with Crippen LogP contribution in [-0.4, -0.2) is 42.7 Å². The summed E-state index contributed by atoms with van der Waals surface area (Å²) in [6.07, 6.45) is 2.81. The molecule has 112 valence electrons. The van der Waals surface area contributed by atoms with E-state index in [1.54, 1.807) is 0 Å². The van der Waals surface area contributed by atoms with Crippen molar-refractivity contribution in [2.45, 2.75) is 25.4 Å². The van der Waals surface area contributed by atoms with Gasteiger partial charge in [0.25, 0.3) is 0 Å². The number of likely N-dealkylation sites (tertiary alicyclic amines) is 1. The van der Waals surface area contributed by atoms with Crippen molar-refractivity contribution in [1.29, 1.82) is 0 Å².